The molecule has 0 aliphatic carbocycles. The summed E-state index contributed by atoms with van der Waals surface area (Å²) in [4.78, 5) is 33.9. The molecule has 6 N–H and O–H groups in total. The molecule has 0 saturated carbocycles. The van der Waals surface area contributed by atoms with Crippen LogP contribution in [-0.2, 0) is 23.9 Å². The minimum Gasteiger partial charge on any atom is -0.550 e. The predicted molar refractivity (Wildman–Crippen MR) is 114 cm³/mol. The van der Waals surface area contributed by atoms with Gasteiger partial charge in [-0.15, -0.1) is 0 Å². The zero-order valence-corrected chi connectivity index (χ0v) is 25.7. The Hall–Kier alpha value is 0.130. The van der Waals surface area contributed by atoms with Crippen molar-refractivity contribution in [1.82, 2.24) is 0 Å². The van der Waals surface area contributed by atoms with E-state index in [0.717, 1.165) is 44.9 Å². The number of hydrogen-bond donors (Lipinski definition) is 6. The Morgan fingerprint density at radius 3 is 1.76 bits per heavy atom. The molecule has 13 nitrogen and oxygen atoms in total. The fourth-order valence-electron chi connectivity index (χ4n) is 3.23. The summed E-state index contributed by atoms with van der Waals surface area (Å²) in [7, 11) is 0. The third-order valence-corrected chi connectivity index (χ3v) is 5.33. The third kappa shape index (κ3) is 18.9. The van der Waals surface area contributed by atoms with E-state index in [2.05, 4.69) is 0 Å². The second-order valence-corrected chi connectivity index (χ2v) is 8.43. The summed E-state index contributed by atoms with van der Waals surface area (Å²) >= 11 is 0. The first-order chi connectivity index (χ1) is 16.5. The summed E-state index contributed by atoms with van der Waals surface area (Å²) < 4.78 is 10.3. The third-order valence-electron chi connectivity index (χ3n) is 5.33. The maximum atomic E-state index is 12.2. The molecule has 1 unspecified atom stereocenters. The normalized spacial score (nSPS) is 15.7. The Morgan fingerprint density at radius 1 is 0.784 bits per heavy atom. The first-order valence-corrected chi connectivity index (χ1v) is 11.6. The van der Waals surface area contributed by atoms with Crippen LogP contribution in [0.15, 0.2) is 0 Å². The molecule has 0 saturated heterocycles. The average molecular weight is 557 g/mol. The maximum absolute atomic E-state index is 12.2. The van der Waals surface area contributed by atoms with Crippen molar-refractivity contribution in [1.29, 1.82) is 0 Å². The quantitative estimate of drug-likeness (QED) is 0.0413. The van der Waals surface area contributed by atoms with Crippen LogP contribution < -0.4 is 69.3 Å². The summed E-state index contributed by atoms with van der Waals surface area (Å²) in [6.07, 6.45) is -2.88. The van der Waals surface area contributed by atoms with Gasteiger partial charge in [0.1, 0.15) is 23.9 Å². The Balaban J connectivity index is -0.00000578. The van der Waals surface area contributed by atoms with E-state index in [1.54, 1.807) is 0 Å². The number of aliphatic carboxylic acids is 2. The predicted octanol–water partition coefficient (Wildman–Crippen LogP) is -9.88. The van der Waals surface area contributed by atoms with Crippen molar-refractivity contribution >= 4 is 17.9 Å². The Bertz CT molecular complexity index is 625. The smallest absolute Gasteiger partial charge is 0.550 e. The second-order valence-electron chi connectivity index (χ2n) is 8.43. The van der Waals surface area contributed by atoms with E-state index < -0.39 is 74.0 Å². The minimum absolute atomic E-state index is 0. The van der Waals surface area contributed by atoms with Gasteiger partial charge in [-0.1, -0.05) is 38.5 Å². The van der Waals surface area contributed by atoms with Crippen molar-refractivity contribution in [3.63, 3.8) is 0 Å². The van der Waals surface area contributed by atoms with Crippen LogP contribution in [0.5, 0.6) is 0 Å². The van der Waals surface area contributed by atoms with E-state index in [4.69, 9.17) is 19.7 Å². The maximum Gasteiger partial charge on any atom is 1.00 e. The molecule has 0 rings (SSSR count). The molecule has 0 aromatic heterocycles. The van der Waals surface area contributed by atoms with Gasteiger partial charge in [-0.3, -0.25) is 4.79 Å². The van der Waals surface area contributed by atoms with Gasteiger partial charge in [0.05, 0.1) is 25.6 Å². The second kappa shape index (κ2) is 24.0. The molecular weight excluding hydrogens is 518 g/mol. The van der Waals surface area contributed by atoms with Crippen molar-refractivity contribution in [3.05, 3.63) is 0 Å². The van der Waals surface area contributed by atoms with E-state index >= 15 is 0 Å². The van der Waals surface area contributed by atoms with Crippen molar-refractivity contribution in [2.24, 2.45) is 0 Å². The number of carbonyl (C=O) groups is 3. The van der Waals surface area contributed by atoms with Crippen LogP contribution in [0.4, 0.5) is 0 Å². The summed E-state index contributed by atoms with van der Waals surface area (Å²) in [5.74, 6) is -5.66. The van der Waals surface area contributed by atoms with Crippen LogP contribution in [0.25, 0.3) is 0 Å². The van der Waals surface area contributed by atoms with Gasteiger partial charge in [0, 0.05) is 25.6 Å². The molecule has 0 spiro atoms. The van der Waals surface area contributed by atoms with Gasteiger partial charge in [0.25, 0.3) is 0 Å². The Kier molecular flexibility index (Phi) is 27.0. The summed E-state index contributed by atoms with van der Waals surface area (Å²) in [5.41, 5.74) is -3.13. The van der Waals surface area contributed by atoms with Crippen molar-refractivity contribution in [3.8, 4) is 0 Å². The van der Waals surface area contributed by atoms with E-state index in [-0.39, 0.29) is 72.3 Å². The molecule has 0 aliphatic heterocycles. The molecule has 0 heterocycles. The van der Waals surface area contributed by atoms with Crippen LogP contribution in [0.3, 0.4) is 0 Å². The molecule has 0 aliphatic rings. The molecule has 15 heteroatoms. The standard InChI is InChI=1S/C22H40O13.2Na/c23-9-7-5-3-1-2-4-6-8-10-34-14-16(20(30)19(29)15(25)13-24)35-18(28)12-22(33,21(31)32)11-17(26)27;;/h15-16,19-20,23-25,29-30,33H,1-14H2,(H,26,27)(H,31,32);;/q;2*+1/p-2/t15-,16+,19-,20-,22?;;/m1../s1. The number of esters is 1. The summed E-state index contributed by atoms with van der Waals surface area (Å²) in [6.45, 7) is -1.02. The first kappa shape index (κ1) is 41.6. The van der Waals surface area contributed by atoms with Gasteiger partial charge < -0.3 is 59.9 Å². The molecule has 0 radical (unpaired) electrons. The number of rotatable bonds is 22. The van der Waals surface area contributed by atoms with Gasteiger partial charge in [-0.2, -0.15) is 0 Å². The fourth-order valence-corrected chi connectivity index (χ4v) is 3.23. The van der Waals surface area contributed by atoms with E-state index in [9.17, 15) is 45.0 Å². The van der Waals surface area contributed by atoms with E-state index in [0.29, 0.717) is 6.42 Å². The van der Waals surface area contributed by atoms with E-state index in [1.807, 2.05) is 0 Å². The van der Waals surface area contributed by atoms with Gasteiger partial charge in [-0.25, -0.2) is 0 Å². The number of ether oxygens (including phenoxy) is 2. The number of carbonyl (C=O) groups excluding carboxylic acids is 3. The molecule has 5 atom stereocenters. The van der Waals surface area contributed by atoms with Crippen LogP contribution in [0.2, 0.25) is 0 Å². The molecule has 0 fully saturated rings. The van der Waals surface area contributed by atoms with E-state index in [1.165, 1.54) is 0 Å². The summed E-state index contributed by atoms with van der Waals surface area (Å²) in [5, 5.41) is 79.1. The first-order valence-electron chi connectivity index (χ1n) is 11.6. The average Bonchev–Trinajstić information content (AvgIpc) is 2.79. The largest absolute Gasteiger partial charge is 1.00 e. The van der Waals surface area contributed by atoms with Crippen LogP contribution in [-0.4, -0.2) is 105 Å². The number of carboxylic acids is 2. The zero-order valence-electron chi connectivity index (χ0n) is 21.7. The number of carboxylic acid groups (broad SMARTS) is 2. The SMILES string of the molecule is O=C([O-])CC(O)(CC(=O)O[C@@H](COCCCCCCCCCCO)[C@@H](O)[C@H](O)[C@H](O)CO)C(=O)[O-].[Na+].[Na+]. The molecular formula is C22H38Na2O13. The molecule has 37 heavy (non-hydrogen) atoms. The fraction of sp³-hybridized carbons (Fsp3) is 0.864. The zero-order chi connectivity index (χ0) is 26.9. The molecule has 0 aromatic carbocycles. The van der Waals surface area contributed by atoms with Crippen LogP contribution in [0.1, 0.15) is 64.2 Å². The molecule has 206 valence electrons. The Morgan fingerprint density at radius 2 is 1.30 bits per heavy atom. The summed E-state index contributed by atoms with van der Waals surface area (Å²) in [6, 6.07) is 0. The van der Waals surface area contributed by atoms with Crippen LogP contribution >= 0.6 is 0 Å². The van der Waals surface area contributed by atoms with Crippen molar-refractivity contribution < 1.29 is 124 Å². The molecule has 0 bridgehead atoms. The minimum atomic E-state index is -3.13. The van der Waals surface area contributed by atoms with Crippen LogP contribution in [0, 0.1) is 0 Å². The molecule has 0 aromatic rings. The van der Waals surface area contributed by atoms with Gasteiger partial charge in [-0.05, 0) is 12.8 Å². The van der Waals surface area contributed by atoms with Gasteiger partial charge in [0.2, 0.25) is 0 Å². The molecule has 0 amide bonds. The Labute approximate surface area is 260 Å². The number of aliphatic hydroxyl groups excluding tert-OH is 5. The number of hydrogen-bond acceptors (Lipinski definition) is 13. The number of unbranched alkanes of at least 4 members (excludes halogenated alkanes) is 7. The number of aliphatic hydroxyl groups is 6. The van der Waals surface area contributed by atoms with Crippen molar-refractivity contribution in [2.45, 2.75) is 94.2 Å². The topological polar surface area (TPSA) is 237 Å². The van der Waals surface area contributed by atoms with Gasteiger partial charge >= 0.3 is 65.1 Å². The van der Waals surface area contributed by atoms with Gasteiger partial charge in [0.15, 0.2) is 6.10 Å². The monoisotopic (exact) mass is 556 g/mol. The van der Waals surface area contributed by atoms with Crippen molar-refractivity contribution in [2.75, 3.05) is 26.4 Å².